The molecule has 4 heteroatoms. The molecule has 0 atom stereocenters. The Morgan fingerprint density at radius 2 is 1.36 bits per heavy atom. The zero-order valence-corrected chi connectivity index (χ0v) is 22.9. The van der Waals surface area contributed by atoms with Gasteiger partial charge >= 0.3 is 0 Å². The first-order valence-electron chi connectivity index (χ1n) is 15.3. The van der Waals surface area contributed by atoms with Crippen LogP contribution in [0.1, 0.15) is 128 Å². The van der Waals surface area contributed by atoms with Crippen LogP contribution < -0.4 is 4.74 Å². The van der Waals surface area contributed by atoms with Crippen molar-refractivity contribution in [3.05, 3.63) is 29.3 Å². The predicted molar refractivity (Wildman–Crippen MR) is 144 cm³/mol. The molecular formula is C32H50F2O2. The molecule has 0 aliphatic heterocycles. The topological polar surface area (TPSA) is 18.5 Å². The predicted octanol–water partition coefficient (Wildman–Crippen LogP) is 9.60. The van der Waals surface area contributed by atoms with Crippen LogP contribution in [0.2, 0.25) is 0 Å². The molecule has 1 aromatic carbocycles. The van der Waals surface area contributed by atoms with E-state index >= 15 is 0 Å². The highest BCUT2D eigenvalue weighted by molar-refractivity contribution is 5.33. The number of rotatable bonds is 11. The van der Waals surface area contributed by atoms with E-state index in [-0.39, 0.29) is 11.7 Å². The van der Waals surface area contributed by atoms with Crippen molar-refractivity contribution in [3.63, 3.8) is 0 Å². The Kier molecular flexibility index (Phi) is 10.9. The average molecular weight is 505 g/mol. The molecule has 0 amide bonds. The van der Waals surface area contributed by atoms with Crippen LogP contribution >= 0.6 is 0 Å². The van der Waals surface area contributed by atoms with Crippen LogP contribution in [0.5, 0.6) is 5.75 Å². The number of unbranched alkanes of at least 4 members (excludes halogenated alkanes) is 2. The molecule has 3 aliphatic rings. The highest BCUT2D eigenvalue weighted by Gasteiger charge is 2.33. The maximum Gasteiger partial charge on any atom is 0.200 e. The van der Waals surface area contributed by atoms with Gasteiger partial charge < -0.3 is 9.47 Å². The summed E-state index contributed by atoms with van der Waals surface area (Å²) in [6.07, 6.45) is 20.8. The number of hydrogen-bond acceptors (Lipinski definition) is 2. The maximum absolute atomic E-state index is 14.7. The standard InChI is InChI=1S/C32H50F2O2/c1-3-5-6-7-23-8-10-24(11-9-23)22-36-28-18-16-26(17-19-28)25-12-14-27(15-13-25)29-20-21-30(35-4-2)32(34)31(29)33/h20-21,23-28H,3-19,22H2,1-2H3. The van der Waals surface area contributed by atoms with E-state index in [2.05, 4.69) is 6.92 Å². The van der Waals surface area contributed by atoms with Crippen molar-refractivity contribution in [1.82, 2.24) is 0 Å². The summed E-state index contributed by atoms with van der Waals surface area (Å²) in [6, 6.07) is 3.35. The van der Waals surface area contributed by atoms with E-state index in [9.17, 15) is 8.78 Å². The molecule has 3 aliphatic carbocycles. The molecule has 0 unspecified atom stereocenters. The smallest absolute Gasteiger partial charge is 0.200 e. The minimum Gasteiger partial charge on any atom is -0.491 e. The van der Waals surface area contributed by atoms with Gasteiger partial charge in [-0.2, -0.15) is 4.39 Å². The lowest BCUT2D eigenvalue weighted by Gasteiger charge is -2.38. The first-order chi connectivity index (χ1) is 17.6. The van der Waals surface area contributed by atoms with E-state index < -0.39 is 11.6 Å². The molecule has 1 aromatic rings. The van der Waals surface area contributed by atoms with Gasteiger partial charge in [-0.1, -0.05) is 51.5 Å². The van der Waals surface area contributed by atoms with Crippen molar-refractivity contribution in [3.8, 4) is 5.75 Å². The second-order valence-electron chi connectivity index (χ2n) is 12.1. The highest BCUT2D eigenvalue weighted by atomic mass is 19.2. The second kappa shape index (κ2) is 14.1. The molecule has 0 aromatic heterocycles. The van der Waals surface area contributed by atoms with Crippen LogP contribution in [0.4, 0.5) is 8.78 Å². The van der Waals surface area contributed by atoms with E-state index in [1.807, 2.05) is 0 Å². The Morgan fingerprint density at radius 1 is 0.722 bits per heavy atom. The molecular weight excluding hydrogens is 454 g/mol. The van der Waals surface area contributed by atoms with Crippen molar-refractivity contribution in [1.29, 1.82) is 0 Å². The third-order valence-corrected chi connectivity index (χ3v) is 9.72. The fourth-order valence-electron chi connectivity index (χ4n) is 7.40. The molecule has 4 rings (SSSR count). The molecule has 0 bridgehead atoms. The van der Waals surface area contributed by atoms with Gasteiger partial charge in [0.25, 0.3) is 0 Å². The summed E-state index contributed by atoms with van der Waals surface area (Å²) in [6.45, 7) is 5.40. The molecule has 0 saturated heterocycles. The van der Waals surface area contributed by atoms with Crippen molar-refractivity contribution < 1.29 is 18.3 Å². The highest BCUT2D eigenvalue weighted by Crippen LogP contribution is 2.44. The van der Waals surface area contributed by atoms with Crippen LogP contribution in [0.15, 0.2) is 12.1 Å². The van der Waals surface area contributed by atoms with Crippen LogP contribution in [-0.4, -0.2) is 19.3 Å². The zero-order chi connectivity index (χ0) is 25.3. The number of ether oxygens (including phenoxy) is 2. The van der Waals surface area contributed by atoms with Gasteiger partial charge in [-0.15, -0.1) is 0 Å². The number of halogens is 2. The summed E-state index contributed by atoms with van der Waals surface area (Å²) in [5.41, 5.74) is 0.543. The average Bonchev–Trinajstić information content (AvgIpc) is 2.92. The van der Waals surface area contributed by atoms with Crippen molar-refractivity contribution in [2.24, 2.45) is 23.7 Å². The summed E-state index contributed by atoms with van der Waals surface area (Å²) in [7, 11) is 0. The van der Waals surface area contributed by atoms with Crippen molar-refractivity contribution in [2.75, 3.05) is 13.2 Å². The second-order valence-corrected chi connectivity index (χ2v) is 12.1. The third kappa shape index (κ3) is 7.45. The first kappa shape index (κ1) is 27.9. The van der Waals surface area contributed by atoms with Crippen LogP contribution in [0, 0.1) is 35.3 Å². The van der Waals surface area contributed by atoms with Crippen molar-refractivity contribution >= 4 is 0 Å². The summed E-state index contributed by atoms with van der Waals surface area (Å²) < 4.78 is 40.7. The molecule has 3 fully saturated rings. The fourth-order valence-corrected chi connectivity index (χ4v) is 7.40. The molecule has 204 valence electrons. The van der Waals surface area contributed by atoms with E-state index in [0.29, 0.717) is 18.3 Å². The van der Waals surface area contributed by atoms with Crippen LogP contribution in [0.3, 0.4) is 0 Å². The Morgan fingerprint density at radius 3 is 2.00 bits per heavy atom. The lowest BCUT2D eigenvalue weighted by molar-refractivity contribution is -0.0166. The Balaban J connectivity index is 1.13. The van der Waals surface area contributed by atoms with E-state index in [1.165, 1.54) is 77.0 Å². The SMILES string of the molecule is CCCCCC1CCC(COC2CCC(C3CCC(c4ccc(OCC)c(F)c4F)CC3)CC2)CC1. The van der Waals surface area contributed by atoms with Gasteiger partial charge in [0.15, 0.2) is 11.6 Å². The minimum atomic E-state index is -0.824. The van der Waals surface area contributed by atoms with Gasteiger partial charge in [0, 0.05) is 6.61 Å². The van der Waals surface area contributed by atoms with Gasteiger partial charge in [-0.05, 0) is 112 Å². The van der Waals surface area contributed by atoms with E-state index in [1.54, 1.807) is 19.1 Å². The van der Waals surface area contributed by atoms with Crippen LogP contribution in [0.25, 0.3) is 0 Å². The van der Waals surface area contributed by atoms with Gasteiger partial charge in [0.2, 0.25) is 5.82 Å². The molecule has 3 saturated carbocycles. The lowest BCUT2D eigenvalue weighted by atomic mass is 9.69. The first-order valence-corrected chi connectivity index (χ1v) is 15.3. The van der Waals surface area contributed by atoms with Gasteiger partial charge in [-0.3, -0.25) is 0 Å². The monoisotopic (exact) mass is 504 g/mol. The molecule has 0 spiro atoms. The van der Waals surface area contributed by atoms with Gasteiger partial charge in [0.05, 0.1) is 12.7 Å². The fraction of sp³-hybridized carbons (Fsp3) is 0.812. The summed E-state index contributed by atoms with van der Waals surface area (Å²) in [5, 5.41) is 0. The Bertz CT molecular complexity index is 773. The van der Waals surface area contributed by atoms with Crippen molar-refractivity contribution in [2.45, 2.75) is 129 Å². The molecule has 2 nitrogen and oxygen atoms in total. The summed E-state index contributed by atoms with van der Waals surface area (Å²) >= 11 is 0. The van der Waals surface area contributed by atoms with Crippen LogP contribution in [-0.2, 0) is 4.74 Å². The normalized spacial score (nSPS) is 31.3. The zero-order valence-electron chi connectivity index (χ0n) is 22.9. The Labute approximate surface area is 218 Å². The molecule has 0 radical (unpaired) electrons. The number of hydrogen-bond donors (Lipinski definition) is 0. The van der Waals surface area contributed by atoms with E-state index in [4.69, 9.17) is 9.47 Å². The molecule has 36 heavy (non-hydrogen) atoms. The molecule has 0 N–H and O–H groups in total. The van der Waals surface area contributed by atoms with E-state index in [0.717, 1.165) is 56.0 Å². The summed E-state index contributed by atoms with van der Waals surface area (Å²) in [5.74, 6) is 1.92. The summed E-state index contributed by atoms with van der Waals surface area (Å²) in [4.78, 5) is 0. The quantitative estimate of drug-likeness (QED) is 0.279. The number of benzene rings is 1. The minimum absolute atomic E-state index is 0.0292. The molecule has 0 heterocycles. The van der Waals surface area contributed by atoms with Gasteiger partial charge in [-0.25, -0.2) is 4.39 Å². The third-order valence-electron chi connectivity index (χ3n) is 9.72. The largest absolute Gasteiger partial charge is 0.491 e. The Hall–Kier alpha value is -1.16. The maximum atomic E-state index is 14.7. The van der Waals surface area contributed by atoms with Gasteiger partial charge in [0.1, 0.15) is 0 Å². The lowest BCUT2D eigenvalue weighted by Crippen LogP contribution is -2.30.